The normalized spacial score (nSPS) is 11.4. The van der Waals surface area contributed by atoms with Crippen LogP contribution in [0.5, 0.6) is 5.75 Å². The van der Waals surface area contributed by atoms with E-state index in [4.69, 9.17) is 5.11 Å². The number of aliphatic carboxylic acids is 1. The minimum absolute atomic E-state index is 0.106. The Bertz CT molecular complexity index is 462. The van der Waals surface area contributed by atoms with Crippen LogP contribution in [0.1, 0.15) is 26.3 Å². The molecule has 0 saturated carbocycles. The first-order chi connectivity index (χ1) is 8.49. The van der Waals surface area contributed by atoms with Gasteiger partial charge in [-0.05, 0) is 38.5 Å². The lowest BCUT2D eigenvalue weighted by molar-refractivity contribution is -0.131. The molecule has 98 valence electrons. The molecule has 4 heteroatoms. The zero-order valence-electron chi connectivity index (χ0n) is 11.0. The van der Waals surface area contributed by atoms with E-state index in [0.717, 1.165) is 24.9 Å². The fraction of sp³-hybridized carbons (Fsp3) is 0.357. The summed E-state index contributed by atoms with van der Waals surface area (Å²) in [5.41, 5.74) is 2.02. The Balaban J connectivity index is 3.10. The molecule has 0 aliphatic heterocycles. The van der Waals surface area contributed by atoms with Gasteiger partial charge in [0, 0.05) is 36.5 Å². The summed E-state index contributed by atoms with van der Waals surface area (Å²) in [6, 6.07) is 5.31. The molecule has 0 fully saturated rings. The third kappa shape index (κ3) is 3.26. The molecule has 0 unspecified atom stereocenters. The van der Waals surface area contributed by atoms with Gasteiger partial charge in [0.05, 0.1) is 0 Å². The smallest absolute Gasteiger partial charge is 0.328 e. The molecule has 0 heterocycles. The lowest BCUT2D eigenvalue weighted by Crippen LogP contribution is -2.21. The maximum absolute atomic E-state index is 10.6. The summed E-state index contributed by atoms with van der Waals surface area (Å²) in [6.45, 7) is 7.48. The predicted octanol–water partition coefficient (Wildman–Crippen LogP) is 2.73. The number of carbonyl (C=O) groups is 1. The number of hydrogen-bond donors (Lipinski definition) is 2. The highest BCUT2D eigenvalue weighted by molar-refractivity contribution is 5.90. The first-order valence-corrected chi connectivity index (χ1v) is 5.99. The zero-order chi connectivity index (χ0) is 13.7. The molecule has 0 radical (unpaired) electrons. The van der Waals surface area contributed by atoms with E-state index in [0.29, 0.717) is 11.1 Å². The number of carboxylic acids is 1. The number of anilines is 1. The maximum Gasteiger partial charge on any atom is 0.328 e. The van der Waals surface area contributed by atoms with Gasteiger partial charge in [0.15, 0.2) is 0 Å². The number of benzene rings is 1. The zero-order valence-corrected chi connectivity index (χ0v) is 11.0. The highest BCUT2D eigenvalue weighted by Crippen LogP contribution is 2.29. The molecule has 4 nitrogen and oxygen atoms in total. The van der Waals surface area contributed by atoms with Crippen molar-refractivity contribution in [3.8, 4) is 5.75 Å². The number of phenolic OH excluding ortho intramolecular Hbond substituents is 1. The quantitative estimate of drug-likeness (QED) is 0.788. The summed E-state index contributed by atoms with van der Waals surface area (Å²) in [5.74, 6) is -0.908. The van der Waals surface area contributed by atoms with Crippen molar-refractivity contribution in [2.75, 3.05) is 18.0 Å². The van der Waals surface area contributed by atoms with Gasteiger partial charge in [-0.2, -0.15) is 0 Å². The van der Waals surface area contributed by atoms with Gasteiger partial charge in [0.2, 0.25) is 0 Å². The third-order valence-electron chi connectivity index (χ3n) is 2.87. The number of phenols is 1. The largest absolute Gasteiger partial charge is 0.507 e. The van der Waals surface area contributed by atoms with Gasteiger partial charge in [-0.1, -0.05) is 0 Å². The van der Waals surface area contributed by atoms with Crippen LogP contribution in [0.15, 0.2) is 24.3 Å². The molecule has 0 aliphatic rings. The molecule has 0 spiro atoms. The van der Waals surface area contributed by atoms with E-state index in [2.05, 4.69) is 4.90 Å². The SMILES string of the molecule is CCN(CC)c1ccc(C(C)=CC(=O)O)c(O)c1. The van der Waals surface area contributed by atoms with E-state index in [9.17, 15) is 9.90 Å². The molecule has 0 aromatic heterocycles. The molecule has 1 aromatic rings. The Kier molecular flexibility index (Phi) is 4.77. The summed E-state index contributed by atoms with van der Waals surface area (Å²) < 4.78 is 0. The van der Waals surface area contributed by atoms with Gasteiger partial charge < -0.3 is 15.1 Å². The monoisotopic (exact) mass is 249 g/mol. The standard InChI is InChI=1S/C14H19NO3/c1-4-15(5-2)11-6-7-12(13(16)9-11)10(3)8-14(17)18/h6-9,16H,4-5H2,1-3H3,(H,17,18). The number of aromatic hydroxyl groups is 1. The molecule has 0 bridgehead atoms. The van der Waals surface area contributed by atoms with Crippen molar-refractivity contribution in [2.24, 2.45) is 0 Å². The van der Waals surface area contributed by atoms with Crippen molar-refractivity contribution in [1.82, 2.24) is 0 Å². The lowest BCUT2D eigenvalue weighted by Gasteiger charge is -2.21. The average molecular weight is 249 g/mol. The van der Waals surface area contributed by atoms with Gasteiger partial charge in [0.1, 0.15) is 5.75 Å². The van der Waals surface area contributed by atoms with Crippen LogP contribution in [0.2, 0.25) is 0 Å². The van der Waals surface area contributed by atoms with Crippen LogP contribution in [0, 0.1) is 0 Å². The Morgan fingerprint density at radius 1 is 1.33 bits per heavy atom. The highest BCUT2D eigenvalue weighted by atomic mass is 16.4. The van der Waals surface area contributed by atoms with Crippen LogP contribution >= 0.6 is 0 Å². The Morgan fingerprint density at radius 3 is 2.39 bits per heavy atom. The lowest BCUT2D eigenvalue weighted by atomic mass is 10.0. The van der Waals surface area contributed by atoms with E-state index in [1.807, 2.05) is 19.9 Å². The molecule has 1 rings (SSSR count). The first-order valence-electron chi connectivity index (χ1n) is 5.99. The molecule has 0 atom stereocenters. The molecule has 1 aromatic carbocycles. The van der Waals surface area contributed by atoms with Crippen molar-refractivity contribution in [2.45, 2.75) is 20.8 Å². The van der Waals surface area contributed by atoms with Crippen molar-refractivity contribution < 1.29 is 15.0 Å². The Morgan fingerprint density at radius 2 is 1.94 bits per heavy atom. The second-order valence-electron chi connectivity index (χ2n) is 4.04. The second-order valence-corrected chi connectivity index (χ2v) is 4.04. The highest BCUT2D eigenvalue weighted by Gasteiger charge is 2.08. The topological polar surface area (TPSA) is 60.8 Å². The number of nitrogens with zero attached hydrogens (tertiary/aromatic N) is 1. The van der Waals surface area contributed by atoms with Crippen LogP contribution < -0.4 is 4.90 Å². The summed E-state index contributed by atoms with van der Waals surface area (Å²) >= 11 is 0. The molecule has 18 heavy (non-hydrogen) atoms. The molecule has 0 aliphatic carbocycles. The number of allylic oxidation sites excluding steroid dienone is 1. The Labute approximate surface area is 107 Å². The van der Waals surface area contributed by atoms with Crippen molar-refractivity contribution >= 4 is 17.2 Å². The van der Waals surface area contributed by atoms with Crippen molar-refractivity contribution in [3.05, 3.63) is 29.8 Å². The summed E-state index contributed by atoms with van der Waals surface area (Å²) in [6.07, 6.45) is 1.09. The summed E-state index contributed by atoms with van der Waals surface area (Å²) in [7, 11) is 0. The van der Waals surface area contributed by atoms with E-state index >= 15 is 0 Å². The molecule has 0 amide bonds. The minimum Gasteiger partial charge on any atom is -0.507 e. The second kappa shape index (κ2) is 6.10. The minimum atomic E-state index is -1.01. The van der Waals surface area contributed by atoms with Crippen LogP contribution in [-0.2, 0) is 4.79 Å². The Hall–Kier alpha value is -1.97. The number of hydrogen-bond acceptors (Lipinski definition) is 3. The maximum atomic E-state index is 10.6. The molecular formula is C14H19NO3. The molecular weight excluding hydrogens is 230 g/mol. The van der Waals surface area contributed by atoms with E-state index in [1.165, 1.54) is 0 Å². The number of carboxylic acid groups (broad SMARTS) is 1. The van der Waals surface area contributed by atoms with Crippen LogP contribution in [-0.4, -0.2) is 29.3 Å². The average Bonchev–Trinajstić information content (AvgIpc) is 2.29. The summed E-state index contributed by atoms with van der Waals surface area (Å²) in [4.78, 5) is 12.7. The van der Waals surface area contributed by atoms with Gasteiger partial charge in [-0.25, -0.2) is 4.79 Å². The third-order valence-corrected chi connectivity index (χ3v) is 2.87. The van der Waals surface area contributed by atoms with Crippen LogP contribution in [0.25, 0.3) is 5.57 Å². The van der Waals surface area contributed by atoms with Gasteiger partial charge >= 0.3 is 5.97 Å². The predicted molar refractivity (Wildman–Crippen MR) is 73.0 cm³/mol. The van der Waals surface area contributed by atoms with E-state index < -0.39 is 5.97 Å². The van der Waals surface area contributed by atoms with Gasteiger partial charge in [-0.15, -0.1) is 0 Å². The molecule has 2 N–H and O–H groups in total. The van der Waals surface area contributed by atoms with Crippen LogP contribution in [0.3, 0.4) is 0 Å². The van der Waals surface area contributed by atoms with Gasteiger partial charge in [0.25, 0.3) is 0 Å². The van der Waals surface area contributed by atoms with E-state index in [1.54, 1.807) is 19.1 Å². The fourth-order valence-corrected chi connectivity index (χ4v) is 1.90. The van der Waals surface area contributed by atoms with Gasteiger partial charge in [-0.3, -0.25) is 0 Å². The fourth-order valence-electron chi connectivity index (χ4n) is 1.90. The number of rotatable bonds is 5. The molecule has 0 saturated heterocycles. The summed E-state index contributed by atoms with van der Waals surface area (Å²) in [5, 5.41) is 18.6. The van der Waals surface area contributed by atoms with Crippen LogP contribution in [0.4, 0.5) is 5.69 Å². The van der Waals surface area contributed by atoms with E-state index in [-0.39, 0.29) is 5.75 Å². The first kappa shape index (κ1) is 14.1. The van der Waals surface area contributed by atoms with Crippen molar-refractivity contribution in [3.63, 3.8) is 0 Å². The van der Waals surface area contributed by atoms with Crippen molar-refractivity contribution in [1.29, 1.82) is 0 Å².